The molecule has 1 aliphatic heterocycles. The van der Waals surface area contributed by atoms with Gasteiger partial charge in [0.2, 0.25) is 35.4 Å². The largest absolute Gasteiger partial charge is 0.490 e. The van der Waals surface area contributed by atoms with E-state index >= 15 is 0 Å². The molecule has 8 amide bonds. The van der Waals surface area contributed by atoms with Crippen LogP contribution in [0.2, 0.25) is 0 Å². The van der Waals surface area contributed by atoms with Gasteiger partial charge in [-0.1, -0.05) is 214 Å². The number of nitrogens with one attached hydrogen (secondary N) is 7. The maximum atomic E-state index is 14.4. The zero-order valence-corrected chi connectivity index (χ0v) is 65.7. The van der Waals surface area contributed by atoms with E-state index in [1.165, 1.54) is 30.1 Å². The fraction of sp³-hybridized carbons (Fsp3) is 0.314. The zero-order valence-electron chi connectivity index (χ0n) is 64.1. The SMILES string of the molecule is CC(C)[C@H]1NC(=O)c2cc(cc(NC(=O)CCCCCNC(=O)c3ccc(CN(CCSC(c4ccccc4)(c4ccccc4)c4ccccc4)CC(=O)NCCSC(c4ccccc4)(c4ccccc4)c4ccccc4)cc3)c2)CNC(=O)[C@H](CC(=O)O)NC(=O)CNC(=O)[C@H](CCCN=C(N)N)N(C)C1=O.O=C(O)C(F)(F)F. The fourth-order valence-electron chi connectivity index (χ4n) is 13.2. The first-order valence-corrected chi connectivity index (χ1v) is 39.6. The highest BCUT2D eigenvalue weighted by atomic mass is 32.2. The third-order valence-corrected chi connectivity index (χ3v) is 22.0. The Bertz CT molecular complexity index is 4390. The van der Waals surface area contributed by atoms with E-state index in [0.29, 0.717) is 68.1 Å². The second-order valence-electron chi connectivity index (χ2n) is 27.6. The lowest BCUT2D eigenvalue weighted by atomic mass is 9.84. The molecule has 0 aromatic heterocycles. The highest BCUT2D eigenvalue weighted by Crippen LogP contribution is 2.50. The lowest BCUT2D eigenvalue weighted by molar-refractivity contribution is -0.192. The van der Waals surface area contributed by atoms with Gasteiger partial charge < -0.3 is 63.8 Å². The van der Waals surface area contributed by atoms with Crippen LogP contribution in [0.3, 0.4) is 0 Å². The molecule has 0 fully saturated rings. The summed E-state index contributed by atoms with van der Waals surface area (Å²) in [6, 6.07) is 71.0. The number of thioether (sulfide) groups is 2. The molecule has 0 saturated carbocycles. The molecular weight excluding hydrogens is 1510 g/mol. The number of benzene rings is 8. The van der Waals surface area contributed by atoms with Crippen molar-refractivity contribution in [2.45, 2.75) is 106 Å². The van der Waals surface area contributed by atoms with E-state index in [9.17, 15) is 61.4 Å². The molecule has 8 aromatic rings. The molecule has 3 atom stereocenters. The van der Waals surface area contributed by atoms with E-state index < -0.39 is 100 Å². The van der Waals surface area contributed by atoms with E-state index in [-0.39, 0.29) is 67.9 Å². The molecule has 1 aliphatic rings. The summed E-state index contributed by atoms with van der Waals surface area (Å²) in [7, 11) is 1.39. The third kappa shape index (κ3) is 26.4. The van der Waals surface area contributed by atoms with Gasteiger partial charge in [0.25, 0.3) is 11.8 Å². The van der Waals surface area contributed by atoms with Crippen LogP contribution in [-0.2, 0) is 60.9 Å². The van der Waals surface area contributed by atoms with Crippen LogP contribution >= 0.6 is 23.5 Å². The first-order chi connectivity index (χ1) is 55.2. The lowest BCUT2D eigenvalue weighted by Crippen LogP contribution is -2.57. The van der Waals surface area contributed by atoms with Gasteiger partial charge in [-0.05, 0) is 106 Å². The van der Waals surface area contributed by atoms with Crippen molar-refractivity contribution in [3.8, 4) is 0 Å². The minimum Gasteiger partial charge on any atom is -0.481 e. The van der Waals surface area contributed by atoms with Crippen LogP contribution in [0.4, 0.5) is 18.9 Å². The van der Waals surface area contributed by atoms with Crippen molar-refractivity contribution in [3.63, 3.8) is 0 Å². The van der Waals surface area contributed by atoms with Gasteiger partial charge >= 0.3 is 18.1 Å². The van der Waals surface area contributed by atoms with Gasteiger partial charge in [0.05, 0.1) is 29.0 Å². The van der Waals surface area contributed by atoms with E-state index in [4.69, 9.17) is 21.4 Å². The number of guanidine groups is 1. The lowest BCUT2D eigenvalue weighted by Gasteiger charge is -2.36. The summed E-state index contributed by atoms with van der Waals surface area (Å²) in [5, 5.41) is 36.1. The topological polar surface area (TPSA) is 366 Å². The first kappa shape index (κ1) is 88.7. The Balaban J connectivity index is 0.00000225. The van der Waals surface area contributed by atoms with E-state index in [1.807, 2.05) is 60.3 Å². The normalized spacial score (nSPS) is 15.1. The summed E-state index contributed by atoms with van der Waals surface area (Å²) >= 11 is 3.63. The number of amides is 8. The van der Waals surface area contributed by atoms with Crippen LogP contribution < -0.4 is 48.7 Å². The van der Waals surface area contributed by atoms with Crippen LogP contribution in [0, 0.1) is 5.92 Å². The van der Waals surface area contributed by atoms with Gasteiger partial charge in [0, 0.05) is 81.1 Å². The number of hydrogen-bond donors (Lipinski definition) is 11. The van der Waals surface area contributed by atoms with Crippen molar-refractivity contribution in [2.24, 2.45) is 22.4 Å². The number of likely N-dealkylation sites (N-methyl/N-ethyl adjacent to an activating group) is 1. The number of aliphatic carboxylic acids is 2. The zero-order chi connectivity index (χ0) is 82.9. The Morgan fingerprint density at radius 3 is 1.57 bits per heavy atom. The fourth-order valence-corrected chi connectivity index (χ4v) is 16.2. The quantitative estimate of drug-likeness (QED) is 0.00788. The number of carboxylic acid groups (broad SMARTS) is 2. The molecule has 13 N–H and O–H groups in total. The van der Waals surface area contributed by atoms with Crippen LogP contribution in [0.15, 0.2) is 229 Å². The van der Waals surface area contributed by atoms with Crippen molar-refractivity contribution in [3.05, 3.63) is 280 Å². The van der Waals surface area contributed by atoms with Gasteiger partial charge in [-0.15, -0.1) is 23.5 Å². The number of carboxylic acids is 2. The van der Waals surface area contributed by atoms with Crippen molar-refractivity contribution in [1.82, 2.24) is 41.7 Å². The number of carbonyl (C=O) groups is 10. The molecule has 2 bridgehead atoms. The number of unbranched alkanes of at least 4 members (excludes halogenated alkanes) is 2. The second kappa shape index (κ2) is 44.0. The van der Waals surface area contributed by atoms with E-state index in [0.717, 1.165) is 38.9 Å². The molecule has 0 unspecified atom stereocenters. The average Bonchev–Trinajstić information content (AvgIpc) is 0.762. The number of rotatable bonds is 33. The molecule has 0 spiro atoms. The molecule has 606 valence electrons. The van der Waals surface area contributed by atoms with Crippen molar-refractivity contribution >= 4 is 94.4 Å². The van der Waals surface area contributed by atoms with Gasteiger partial charge in [0.15, 0.2) is 5.96 Å². The van der Waals surface area contributed by atoms with Crippen LogP contribution in [0.25, 0.3) is 0 Å². The van der Waals surface area contributed by atoms with E-state index in [1.54, 1.807) is 37.7 Å². The predicted octanol–water partition coefficient (Wildman–Crippen LogP) is 9.96. The van der Waals surface area contributed by atoms with E-state index in [2.05, 4.69) is 193 Å². The van der Waals surface area contributed by atoms with Gasteiger partial charge in [-0.2, -0.15) is 13.2 Å². The number of aliphatic imine (C=N–C) groups is 1. The number of hydrogen-bond acceptors (Lipinski definition) is 14. The molecule has 8 aromatic carbocycles. The summed E-state index contributed by atoms with van der Waals surface area (Å²) in [5.41, 5.74) is 19.7. The Labute approximate surface area is 675 Å². The number of anilines is 1. The average molecular weight is 1610 g/mol. The second-order valence-corrected chi connectivity index (χ2v) is 30.2. The molecule has 0 radical (unpaired) electrons. The summed E-state index contributed by atoms with van der Waals surface area (Å²) < 4.78 is 30.6. The van der Waals surface area contributed by atoms with Gasteiger partial charge in [0.1, 0.15) is 18.1 Å². The molecule has 0 aliphatic carbocycles. The minimum atomic E-state index is -5.08. The minimum absolute atomic E-state index is 0.00319. The van der Waals surface area contributed by atoms with Crippen molar-refractivity contribution in [2.75, 3.05) is 63.1 Å². The van der Waals surface area contributed by atoms with Gasteiger partial charge in [-0.25, -0.2) is 4.79 Å². The first-order valence-electron chi connectivity index (χ1n) is 37.6. The Hall–Kier alpha value is -11.8. The number of alkyl halides is 3. The van der Waals surface area contributed by atoms with Gasteiger partial charge in [-0.3, -0.25) is 53.0 Å². The number of fused-ring (bicyclic) bond motifs is 2. The number of nitrogens with zero attached hydrogens (tertiary/aromatic N) is 3. The van der Waals surface area contributed by atoms with Crippen LogP contribution in [-0.4, -0.2) is 167 Å². The maximum Gasteiger partial charge on any atom is 0.490 e. The highest BCUT2D eigenvalue weighted by molar-refractivity contribution is 8.00. The molecule has 29 heteroatoms. The smallest absolute Gasteiger partial charge is 0.481 e. The molecule has 9 rings (SSSR count). The Kier molecular flexibility index (Phi) is 34.0. The third-order valence-electron chi connectivity index (χ3n) is 18.9. The predicted molar refractivity (Wildman–Crippen MR) is 439 cm³/mol. The summed E-state index contributed by atoms with van der Waals surface area (Å²) in [6.07, 6.45) is -4.00. The standard InChI is InChI=1S/C84H96N12O10S2.C2HF3O2/c1-58(2)76-81(106)95(3)71(38-25-45-89-82(85)86)80(105)91-55-73(98)93-70(53-75(100)101)79(104)90-54-60-50-62(78(103)94-76)52-69(51-60)92-72(97)39-23-10-24-44-88-77(102)61-42-40-59(41-43-61)56-96(47-49-108-84(66-32-17-7-18-33-66,67-34-19-8-20-35-67)68-36-21-9-22-37-68)57-74(99)87-46-48-107-83(63-26-11-4-12-27-63,64-28-13-5-14-29-64)65-30-15-6-16-31-65;3-2(4,5)1(6)7/h4-9,11-22,26-37,40-43,50-52,58,70-71,76H,10,23-25,38-39,44-49,53-57H2,1-3H3,(H,87,99)(H,88,102)(H,90,104)(H,91,105)(H,92,97)(H,93,98)(H,94,103)(H,100,101)(H4,85,86,89);(H,6,7)/t70-,71-,76+;/m0./s1. The Morgan fingerprint density at radius 2 is 1.10 bits per heavy atom. The molecular formula is C86H97F3N12O12S2. The summed E-state index contributed by atoms with van der Waals surface area (Å²) in [4.78, 5) is 139. The van der Waals surface area contributed by atoms with Crippen LogP contribution in [0.5, 0.6) is 0 Å². The number of carbonyl (C=O) groups excluding carboxylic acids is 8. The summed E-state index contributed by atoms with van der Waals surface area (Å²) in [6.45, 7) is 4.47. The molecule has 0 saturated heterocycles. The molecule has 115 heavy (non-hydrogen) atoms. The monoisotopic (exact) mass is 1610 g/mol. The number of halogens is 3. The highest BCUT2D eigenvalue weighted by Gasteiger charge is 2.41. The molecule has 24 nitrogen and oxygen atoms in total. The molecule has 1 heterocycles. The Morgan fingerprint density at radius 1 is 0.600 bits per heavy atom. The maximum absolute atomic E-state index is 14.4. The number of nitrogens with two attached hydrogens (primary N) is 2. The van der Waals surface area contributed by atoms with Crippen LogP contribution in [0.1, 0.15) is 124 Å². The van der Waals surface area contributed by atoms with Crippen molar-refractivity contribution < 1.29 is 71.3 Å². The summed E-state index contributed by atoms with van der Waals surface area (Å²) in [5.74, 6) is -8.14. The van der Waals surface area contributed by atoms with Crippen molar-refractivity contribution in [1.29, 1.82) is 0 Å².